The Labute approximate surface area is 71.4 Å². The third-order valence-corrected chi connectivity index (χ3v) is 1.96. The minimum absolute atomic E-state index is 0.768. The van der Waals surface area contributed by atoms with Crippen LogP contribution in [0.1, 0.15) is 0 Å². The Bertz CT molecular complexity index is 184. The van der Waals surface area contributed by atoms with Gasteiger partial charge in [0, 0.05) is 11.9 Å². The molecule has 62 valence electrons. The Kier molecular flexibility index (Phi) is 3.39. The molecule has 0 fully saturated rings. The van der Waals surface area contributed by atoms with Crippen LogP contribution in [-0.4, -0.2) is 32.1 Å². The minimum atomic E-state index is 0.768. The van der Waals surface area contributed by atoms with Crippen molar-refractivity contribution in [2.24, 2.45) is 0 Å². The smallest absolute Gasteiger partial charge is 0.130 e. The molecule has 0 atom stereocenters. The van der Waals surface area contributed by atoms with Crippen molar-refractivity contribution in [2.75, 3.05) is 27.2 Å². The monoisotopic (exact) mass is 171 g/mol. The van der Waals surface area contributed by atoms with Gasteiger partial charge in [-0.05, 0) is 25.5 Å². The summed E-state index contributed by atoms with van der Waals surface area (Å²) in [6.45, 7) is 1.74. The van der Waals surface area contributed by atoms with Crippen LogP contribution in [0.15, 0.2) is 16.8 Å². The predicted octanol–water partition coefficient (Wildman–Crippen LogP) is 1.69. The molecule has 2 nitrogen and oxygen atoms in total. The van der Waals surface area contributed by atoms with Gasteiger partial charge in [-0.15, -0.1) is 11.3 Å². The number of likely N-dealkylation sites (N-methyl/N-ethyl adjacent to an activating group) is 1. The van der Waals surface area contributed by atoms with Gasteiger partial charge in [0.05, 0.1) is 0 Å². The summed E-state index contributed by atoms with van der Waals surface area (Å²) in [4.78, 5) is 2.10. The second-order valence-electron chi connectivity index (χ2n) is 2.61. The van der Waals surface area contributed by atoms with E-state index in [2.05, 4.69) is 4.90 Å². The summed E-state index contributed by atoms with van der Waals surface area (Å²) in [5, 5.41) is 4.03. The van der Waals surface area contributed by atoms with Crippen molar-refractivity contribution in [2.45, 2.75) is 0 Å². The number of hydrogen-bond donors (Lipinski definition) is 0. The average molecular weight is 171 g/mol. The van der Waals surface area contributed by atoms with Crippen molar-refractivity contribution < 1.29 is 4.74 Å². The normalized spacial score (nSPS) is 10.5. The van der Waals surface area contributed by atoms with E-state index < -0.39 is 0 Å². The zero-order valence-corrected chi connectivity index (χ0v) is 7.73. The first-order valence-corrected chi connectivity index (χ1v) is 4.53. The Morgan fingerprint density at radius 1 is 1.55 bits per heavy atom. The van der Waals surface area contributed by atoms with Gasteiger partial charge in [0.1, 0.15) is 12.4 Å². The Morgan fingerprint density at radius 2 is 2.36 bits per heavy atom. The molecule has 0 N–H and O–H groups in total. The van der Waals surface area contributed by atoms with E-state index in [-0.39, 0.29) is 0 Å². The highest BCUT2D eigenvalue weighted by atomic mass is 32.1. The number of rotatable bonds is 4. The fourth-order valence-electron chi connectivity index (χ4n) is 0.680. The van der Waals surface area contributed by atoms with Crippen molar-refractivity contribution in [3.05, 3.63) is 16.8 Å². The highest BCUT2D eigenvalue weighted by Crippen LogP contribution is 2.14. The topological polar surface area (TPSA) is 12.5 Å². The maximum absolute atomic E-state index is 5.43. The maximum atomic E-state index is 5.43. The molecule has 0 saturated heterocycles. The first-order chi connectivity index (χ1) is 5.29. The molecule has 0 spiro atoms. The molecule has 1 aromatic rings. The molecule has 11 heavy (non-hydrogen) atoms. The van der Waals surface area contributed by atoms with Gasteiger partial charge in [0.2, 0.25) is 0 Å². The van der Waals surface area contributed by atoms with Crippen molar-refractivity contribution in [3.63, 3.8) is 0 Å². The lowest BCUT2D eigenvalue weighted by atomic mass is 10.6. The molecule has 0 aliphatic carbocycles. The molecule has 1 rings (SSSR count). The van der Waals surface area contributed by atoms with Gasteiger partial charge in [0.25, 0.3) is 0 Å². The van der Waals surface area contributed by atoms with Crippen LogP contribution in [0.3, 0.4) is 0 Å². The van der Waals surface area contributed by atoms with Crippen molar-refractivity contribution in [1.29, 1.82) is 0 Å². The van der Waals surface area contributed by atoms with Gasteiger partial charge in [-0.1, -0.05) is 0 Å². The van der Waals surface area contributed by atoms with E-state index in [1.165, 1.54) is 0 Å². The molecule has 0 aliphatic heterocycles. The summed E-state index contributed by atoms with van der Waals surface area (Å²) in [7, 11) is 4.08. The Balaban J connectivity index is 2.14. The van der Waals surface area contributed by atoms with Gasteiger partial charge < -0.3 is 9.64 Å². The van der Waals surface area contributed by atoms with Crippen LogP contribution in [0.2, 0.25) is 0 Å². The molecular weight excluding hydrogens is 158 g/mol. The molecule has 1 heterocycles. The summed E-state index contributed by atoms with van der Waals surface area (Å²) in [6, 6.07) is 1.99. The quantitative estimate of drug-likeness (QED) is 0.683. The average Bonchev–Trinajstić information content (AvgIpc) is 2.39. The summed E-state index contributed by atoms with van der Waals surface area (Å²) < 4.78 is 5.43. The van der Waals surface area contributed by atoms with Gasteiger partial charge in [-0.25, -0.2) is 0 Å². The second-order valence-corrected chi connectivity index (χ2v) is 3.39. The number of nitrogens with zero attached hydrogens (tertiary/aromatic N) is 1. The zero-order chi connectivity index (χ0) is 8.10. The Morgan fingerprint density at radius 3 is 2.91 bits per heavy atom. The van der Waals surface area contributed by atoms with Crippen molar-refractivity contribution in [1.82, 2.24) is 4.90 Å². The van der Waals surface area contributed by atoms with E-state index in [1.54, 1.807) is 11.3 Å². The minimum Gasteiger partial charge on any atom is -0.491 e. The highest BCUT2D eigenvalue weighted by molar-refractivity contribution is 7.08. The number of ether oxygens (including phenoxy) is 1. The van der Waals surface area contributed by atoms with E-state index in [4.69, 9.17) is 4.74 Å². The van der Waals surface area contributed by atoms with E-state index in [9.17, 15) is 0 Å². The maximum Gasteiger partial charge on any atom is 0.130 e. The SMILES string of the molecule is CN(C)CCOc1ccsc1. The third kappa shape index (κ3) is 3.39. The number of thiophene rings is 1. The van der Waals surface area contributed by atoms with E-state index in [0.29, 0.717) is 0 Å². The van der Waals surface area contributed by atoms with Crippen LogP contribution >= 0.6 is 11.3 Å². The number of hydrogen-bond acceptors (Lipinski definition) is 3. The van der Waals surface area contributed by atoms with Crippen LogP contribution in [0.5, 0.6) is 5.75 Å². The highest BCUT2D eigenvalue weighted by Gasteiger charge is 1.93. The first-order valence-electron chi connectivity index (χ1n) is 3.59. The summed E-state index contributed by atoms with van der Waals surface area (Å²) in [5.41, 5.74) is 0. The molecule has 0 bridgehead atoms. The Hall–Kier alpha value is -0.540. The lowest BCUT2D eigenvalue weighted by Crippen LogP contribution is -2.19. The molecule has 0 unspecified atom stereocenters. The lowest BCUT2D eigenvalue weighted by Gasteiger charge is -2.09. The van der Waals surface area contributed by atoms with Crippen LogP contribution in [0.25, 0.3) is 0 Å². The molecule has 0 saturated carbocycles. The molecule has 1 aromatic heterocycles. The van der Waals surface area contributed by atoms with E-state index in [1.807, 2.05) is 30.9 Å². The van der Waals surface area contributed by atoms with Crippen LogP contribution in [-0.2, 0) is 0 Å². The van der Waals surface area contributed by atoms with Gasteiger partial charge in [-0.2, -0.15) is 0 Å². The van der Waals surface area contributed by atoms with Crippen LogP contribution in [0.4, 0.5) is 0 Å². The standard InChI is InChI=1S/C8H13NOS/c1-9(2)4-5-10-8-3-6-11-7-8/h3,6-7H,4-5H2,1-2H3. The predicted molar refractivity (Wildman–Crippen MR) is 48.4 cm³/mol. The lowest BCUT2D eigenvalue weighted by molar-refractivity contribution is 0.262. The van der Waals surface area contributed by atoms with E-state index >= 15 is 0 Å². The molecule has 0 amide bonds. The third-order valence-electron chi connectivity index (χ3n) is 1.30. The van der Waals surface area contributed by atoms with Crippen molar-refractivity contribution in [3.8, 4) is 5.75 Å². The fraction of sp³-hybridized carbons (Fsp3) is 0.500. The molecule has 0 aliphatic rings. The molecule has 3 heteroatoms. The van der Waals surface area contributed by atoms with Gasteiger partial charge >= 0.3 is 0 Å². The molecule has 0 radical (unpaired) electrons. The van der Waals surface area contributed by atoms with Gasteiger partial charge in [0.15, 0.2) is 0 Å². The largest absolute Gasteiger partial charge is 0.491 e. The first kappa shape index (κ1) is 8.56. The summed E-state index contributed by atoms with van der Waals surface area (Å²) >= 11 is 1.66. The van der Waals surface area contributed by atoms with Crippen molar-refractivity contribution >= 4 is 11.3 Å². The zero-order valence-electron chi connectivity index (χ0n) is 6.91. The van der Waals surface area contributed by atoms with E-state index in [0.717, 1.165) is 18.9 Å². The summed E-state index contributed by atoms with van der Waals surface area (Å²) in [6.07, 6.45) is 0. The fourth-order valence-corrected chi connectivity index (χ4v) is 1.25. The van der Waals surface area contributed by atoms with Crippen LogP contribution < -0.4 is 4.74 Å². The second kappa shape index (κ2) is 4.36. The van der Waals surface area contributed by atoms with Crippen LogP contribution in [0, 0.1) is 0 Å². The molecular formula is C8H13NOS. The summed E-state index contributed by atoms with van der Waals surface area (Å²) in [5.74, 6) is 0.983. The molecule has 0 aromatic carbocycles. The van der Waals surface area contributed by atoms with Gasteiger partial charge in [-0.3, -0.25) is 0 Å².